The molecule has 0 radical (unpaired) electrons. The fourth-order valence-corrected chi connectivity index (χ4v) is 2.83. The van der Waals surface area contributed by atoms with Crippen LogP contribution in [-0.4, -0.2) is 24.1 Å². The molecular formula is C20H20N2O2S. The molecule has 0 aliphatic carbocycles. The molecule has 2 aromatic rings. The Kier molecular flexibility index (Phi) is 7.61. The summed E-state index contributed by atoms with van der Waals surface area (Å²) in [5.41, 5.74) is 2.78. The molecule has 0 heterocycles. The molecule has 0 aliphatic rings. The van der Waals surface area contributed by atoms with Gasteiger partial charge in [-0.1, -0.05) is 42.2 Å². The molecule has 0 atom stereocenters. The van der Waals surface area contributed by atoms with Crippen molar-refractivity contribution >= 4 is 29.3 Å². The van der Waals surface area contributed by atoms with Gasteiger partial charge in [-0.15, -0.1) is 11.8 Å². The van der Waals surface area contributed by atoms with Crippen LogP contribution in [-0.2, 0) is 15.3 Å². The molecule has 0 fully saturated rings. The molecule has 0 saturated heterocycles. The lowest BCUT2D eigenvalue weighted by Gasteiger charge is -2.02. The van der Waals surface area contributed by atoms with Crippen molar-refractivity contribution in [2.45, 2.75) is 12.7 Å². The van der Waals surface area contributed by atoms with Gasteiger partial charge in [-0.3, -0.25) is 9.59 Å². The highest BCUT2D eigenvalue weighted by Gasteiger charge is 2.00. The third-order valence-electron chi connectivity index (χ3n) is 3.16. The highest BCUT2D eigenvalue weighted by atomic mass is 32.2. The van der Waals surface area contributed by atoms with E-state index in [1.54, 1.807) is 23.9 Å². The minimum atomic E-state index is -0.105. The highest BCUT2D eigenvalue weighted by Crippen LogP contribution is 2.11. The number of benzene rings is 2. The zero-order valence-electron chi connectivity index (χ0n) is 14.0. The largest absolute Gasteiger partial charge is 0.344 e. The molecule has 0 unspecified atom stereocenters. The molecule has 2 N–H and O–H groups in total. The Morgan fingerprint density at radius 3 is 2.44 bits per heavy atom. The van der Waals surface area contributed by atoms with Gasteiger partial charge in [0.05, 0.1) is 12.3 Å². The number of hydrogen-bond donors (Lipinski definition) is 2. The summed E-state index contributed by atoms with van der Waals surface area (Å²) in [7, 11) is 0. The Labute approximate surface area is 152 Å². The van der Waals surface area contributed by atoms with Crippen LogP contribution in [0.5, 0.6) is 0 Å². The van der Waals surface area contributed by atoms with Crippen molar-refractivity contribution in [2.75, 3.05) is 17.6 Å². The predicted octanol–water partition coefficient (Wildman–Crippen LogP) is 3.05. The first-order chi connectivity index (χ1) is 12.1. The van der Waals surface area contributed by atoms with Crippen molar-refractivity contribution in [3.8, 4) is 11.8 Å². The van der Waals surface area contributed by atoms with E-state index >= 15 is 0 Å². The average Bonchev–Trinajstić information content (AvgIpc) is 2.60. The number of carbonyl (C=O) groups is 2. The van der Waals surface area contributed by atoms with E-state index in [4.69, 9.17) is 0 Å². The molecule has 2 rings (SSSR count). The number of amides is 2. The Morgan fingerprint density at radius 2 is 1.76 bits per heavy atom. The van der Waals surface area contributed by atoms with Crippen LogP contribution in [0.1, 0.15) is 18.1 Å². The van der Waals surface area contributed by atoms with Gasteiger partial charge in [-0.05, 0) is 29.8 Å². The maximum atomic E-state index is 11.8. The smallest absolute Gasteiger partial charge is 0.230 e. The van der Waals surface area contributed by atoms with Gasteiger partial charge in [-0.25, -0.2) is 0 Å². The van der Waals surface area contributed by atoms with E-state index < -0.39 is 0 Å². The second kappa shape index (κ2) is 10.2. The number of nitrogens with one attached hydrogen (secondary N) is 2. The van der Waals surface area contributed by atoms with Crippen LogP contribution in [0.3, 0.4) is 0 Å². The molecule has 0 aromatic heterocycles. The molecule has 25 heavy (non-hydrogen) atoms. The maximum absolute atomic E-state index is 11.8. The van der Waals surface area contributed by atoms with Crippen LogP contribution in [0.15, 0.2) is 54.6 Å². The SMILES string of the molecule is CC(=O)Nc1ccc(C#CCNC(=O)CSCc2ccccc2)cc1. The topological polar surface area (TPSA) is 58.2 Å². The van der Waals surface area contributed by atoms with Crippen LogP contribution in [0, 0.1) is 11.8 Å². The summed E-state index contributed by atoms with van der Waals surface area (Å²) in [6, 6.07) is 17.3. The number of carbonyl (C=O) groups excluding carboxylic acids is 2. The predicted molar refractivity (Wildman–Crippen MR) is 103 cm³/mol. The summed E-state index contributed by atoms with van der Waals surface area (Å²) in [5, 5.41) is 5.49. The van der Waals surface area contributed by atoms with Gasteiger partial charge in [0.1, 0.15) is 0 Å². The van der Waals surface area contributed by atoms with Gasteiger partial charge in [0.15, 0.2) is 0 Å². The first kappa shape index (κ1) is 18.6. The van der Waals surface area contributed by atoms with Gasteiger partial charge in [0.25, 0.3) is 0 Å². The fraction of sp³-hybridized carbons (Fsp3) is 0.200. The van der Waals surface area contributed by atoms with Crippen molar-refractivity contribution in [3.63, 3.8) is 0 Å². The quantitative estimate of drug-likeness (QED) is 0.786. The van der Waals surface area contributed by atoms with Gasteiger partial charge < -0.3 is 10.6 Å². The minimum Gasteiger partial charge on any atom is -0.344 e. The normalized spacial score (nSPS) is 9.64. The zero-order chi connectivity index (χ0) is 17.9. The van der Waals surface area contributed by atoms with Crippen LogP contribution < -0.4 is 10.6 Å². The van der Waals surface area contributed by atoms with E-state index in [1.165, 1.54) is 12.5 Å². The summed E-state index contributed by atoms with van der Waals surface area (Å²) < 4.78 is 0. The van der Waals surface area contributed by atoms with Crippen molar-refractivity contribution in [1.29, 1.82) is 0 Å². The number of thioether (sulfide) groups is 1. The minimum absolute atomic E-state index is 0.0174. The second-order valence-corrected chi connectivity index (χ2v) is 6.30. The van der Waals surface area contributed by atoms with E-state index in [-0.39, 0.29) is 11.8 Å². The maximum Gasteiger partial charge on any atom is 0.230 e. The molecule has 0 saturated carbocycles. The monoisotopic (exact) mass is 352 g/mol. The molecule has 0 aliphatic heterocycles. The van der Waals surface area contributed by atoms with Gasteiger partial charge in [0.2, 0.25) is 11.8 Å². The number of hydrogen-bond acceptors (Lipinski definition) is 3. The first-order valence-electron chi connectivity index (χ1n) is 7.88. The van der Waals surface area contributed by atoms with Gasteiger partial charge in [0, 0.05) is 23.9 Å². The summed E-state index contributed by atoms with van der Waals surface area (Å²) in [6.07, 6.45) is 0. The molecule has 4 nitrogen and oxygen atoms in total. The second-order valence-electron chi connectivity index (χ2n) is 5.32. The third-order valence-corrected chi connectivity index (χ3v) is 4.16. The number of rotatable bonds is 6. The Hall–Kier alpha value is -2.71. The molecule has 0 spiro atoms. The van der Waals surface area contributed by atoms with E-state index in [0.717, 1.165) is 17.0 Å². The lowest BCUT2D eigenvalue weighted by molar-refractivity contribution is -0.118. The molecule has 5 heteroatoms. The third kappa shape index (κ3) is 7.60. The van der Waals surface area contributed by atoms with Gasteiger partial charge >= 0.3 is 0 Å². The summed E-state index contributed by atoms with van der Waals surface area (Å²) in [4.78, 5) is 22.7. The molecular weight excluding hydrogens is 332 g/mol. The summed E-state index contributed by atoms with van der Waals surface area (Å²) in [5.74, 6) is 7.02. The van der Waals surface area contributed by atoms with Crippen molar-refractivity contribution in [2.24, 2.45) is 0 Å². The first-order valence-corrected chi connectivity index (χ1v) is 9.04. The van der Waals surface area contributed by atoms with Crippen LogP contribution in [0.25, 0.3) is 0 Å². The standard InChI is InChI=1S/C20H20N2O2S/c1-16(23)22-19-11-9-17(10-12-19)8-5-13-21-20(24)15-25-14-18-6-3-2-4-7-18/h2-4,6-7,9-12H,13-15H2,1H3,(H,21,24)(H,22,23). The van der Waals surface area contributed by atoms with Crippen molar-refractivity contribution in [1.82, 2.24) is 5.32 Å². The van der Waals surface area contributed by atoms with Gasteiger partial charge in [-0.2, -0.15) is 0 Å². The zero-order valence-corrected chi connectivity index (χ0v) is 14.9. The van der Waals surface area contributed by atoms with E-state index in [0.29, 0.717) is 12.3 Å². The average molecular weight is 352 g/mol. The highest BCUT2D eigenvalue weighted by molar-refractivity contribution is 7.99. The Balaban J connectivity index is 1.67. The summed E-state index contributed by atoms with van der Waals surface area (Å²) in [6.45, 7) is 1.78. The summed E-state index contributed by atoms with van der Waals surface area (Å²) >= 11 is 1.58. The number of anilines is 1. The Morgan fingerprint density at radius 1 is 1.04 bits per heavy atom. The molecule has 2 aromatic carbocycles. The van der Waals surface area contributed by atoms with Crippen molar-refractivity contribution in [3.05, 3.63) is 65.7 Å². The molecule has 0 bridgehead atoms. The van der Waals surface area contributed by atoms with E-state index in [9.17, 15) is 9.59 Å². The Bertz CT molecular complexity index is 762. The molecule has 128 valence electrons. The van der Waals surface area contributed by atoms with E-state index in [1.807, 2.05) is 42.5 Å². The lowest BCUT2D eigenvalue weighted by atomic mass is 10.2. The van der Waals surface area contributed by atoms with E-state index in [2.05, 4.69) is 22.5 Å². The molecule has 2 amide bonds. The van der Waals surface area contributed by atoms with Crippen molar-refractivity contribution < 1.29 is 9.59 Å². The lowest BCUT2D eigenvalue weighted by Crippen LogP contribution is -2.25. The fourth-order valence-electron chi connectivity index (χ4n) is 2.02. The van der Waals surface area contributed by atoms with Crippen LogP contribution in [0.2, 0.25) is 0 Å². The van der Waals surface area contributed by atoms with Crippen LogP contribution >= 0.6 is 11.8 Å². The van der Waals surface area contributed by atoms with Crippen LogP contribution in [0.4, 0.5) is 5.69 Å².